The molecule has 64 valence electrons. The van der Waals surface area contributed by atoms with Gasteiger partial charge < -0.3 is 10.5 Å². The molecule has 0 fully saturated rings. The third-order valence-electron chi connectivity index (χ3n) is 1.44. The summed E-state index contributed by atoms with van der Waals surface area (Å²) in [6.45, 7) is 0. The van der Waals surface area contributed by atoms with Crippen LogP contribution in [-0.2, 0) is 0 Å². The summed E-state index contributed by atoms with van der Waals surface area (Å²) < 4.78 is 4.89. The normalized spacial score (nSPS) is 9.50. The lowest BCUT2D eigenvalue weighted by Gasteiger charge is -2.02. The standard InChI is InChI=1S/C8H8ClNO2/c1-12-5-2-3-7(9)6(4-5)8(10)11/h2-4H,1H3,(H2,10,11). The van der Waals surface area contributed by atoms with Crippen LogP contribution >= 0.6 is 11.6 Å². The molecule has 12 heavy (non-hydrogen) atoms. The van der Waals surface area contributed by atoms with Gasteiger partial charge in [-0.05, 0) is 18.2 Å². The zero-order valence-corrected chi connectivity index (χ0v) is 7.26. The van der Waals surface area contributed by atoms with Crippen molar-refractivity contribution in [3.8, 4) is 5.75 Å². The second-order valence-corrected chi connectivity index (χ2v) is 2.62. The van der Waals surface area contributed by atoms with Crippen molar-refractivity contribution in [3.05, 3.63) is 28.8 Å². The van der Waals surface area contributed by atoms with Crippen LogP contribution in [0.2, 0.25) is 5.02 Å². The van der Waals surface area contributed by atoms with Gasteiger partial charge in [0.2, 0.25) is 5.91 Å². The highest BCUT2D eigenvalue weighted by Crippen LogP contribution is 2.20. The summed E-state index contributed by atoms with van der Waals surface area (Å²) in [4.78, 5) is 10.8. The van der Waals surface area contributed by atoms with Crippen LogP contribution in [0.3, 0.4) is 0 Å². The Morgan fingerprint density at radius 3 is 2.75 bits per heavy atom. The van der Waals surface area contributed by atoms with Crippen molar-refractivity contribution in [2.45, 2.75) is 0 Å². The molecule has 0 saturated carbocycles. The number of rotatable bonds is 2. The van der Waals surface area contributed by atoms with Gasteiger partial charge in [-0.25, -0.2) is 0 Å². The number of carbonyl (C=O) groups is 1. The van der Waals surface area contributed by atoms with Crippen LogP contribution in [0.4, 0.5) is 0 Å². The van der Waals surface area contributed by atoms with Gasteiger partial charge in [0.15, 0.2) is 0 Å². The first-order valence-corrected chi connectivity index (χ1v) is 3.66. The van der Waals surface area contributed by atoms with Crippen LogP contribution in [0, 0.1) is 0 Å². The van der Waals surface area contributed by atoms with Crippen molar-refractivity contribution in [1.29, 1.82) is 0 Å². The number of amides is 1. The van der Waals surface area contributed by atoms with Crippen LogP contribution in [0.1, 0.15) is 10.4 Å². The Kier molecular flexibility index (Phi) is 2.55. The van der Waals surface area contributed by atoms with Gasteiger partial charge in [0.05, 0.1) is 17.7 Å². The van der Waals surface area contributed by atoms with Crippen LogP contribution in [-0.4, -0.2) is 13.0 Å². The van der Waals surface area contributed by atoms with E-state index in [4.69, 9.17) is 22.1 Å². The first-order valence-electron chi connectivity index (χ1n) is 3.28. The Morgan fingerprint density at radius 2 is 2.25 bits per heavy atom. The van der Waals surface area contributed by atoms with E-state index in [0.29, 0.717) is 10.8 Å². The monoisotopic (exact) mass is 185 g/mol. The topological polar surface area (TPSA) is 52.3 Å². The smallest absolute Gasteiger partial charge is 0.250 e. The molecule has 0 heterocycles. The fourth-order valence-electron chi connectivity index (χ4n) is 0.820. The highest BCUT2D eigenvalue weighted by atomic mass is 35.5. The summed E-state index contributed by atoms with van der Waals surface area (Å²) in [7, 11) is 1.51. The van der Waals surface area contributed by atoms with E-state index in [2.05, 4.69) is 0 Å². The highest BCUT2D eigenvalue weighted by molar-refractivity contribution is 6.33. The summed E-state index contributed by atoms with van der Waals surface area (Å²) in [5, 5.41) is 0.336. The lowest BCUT2D eigenvalue weighted by atomic mass is 10.2. The molecule has 0 radical (unpaired) electrons. The Labute approximate surface area is 75.1 Å². The number of hydrogen-bond donors (Lipinski definition) is 1. The van der Waals surface area contributed by atoms with E-state index in [1.54, 1.807) is 12.1 Å². The number of methoxy groups -OCH3 is 1. The molecule has 0 aliphatic rings. The molecule has 4 heteroatoms. The molecule has 0 atom stereocenters. The van der Waals surface area contributed by atoms with Crippen molar-refractivity contribution >= 4 is 17.5 Å². The van der Waals surface area contributed by atoms with Crippen molar-refractivity contribution in [2.24, 2.45) is 5.73 Å². The number of benzene rings is 1. The molecule has 0 saturated heterocycles. The summed E-state index contributed by atoms with van der Waals surface area (Å²) in [5.74, 6) is 0.00657. The quantitative estimate of drug-likeness (QED) is 0.758. The minimum Gasteiger partial charge on any atom is -0.497 e. The van der Waals surface area contributed by atoms with Crippen LogP contribution in [0.15, 0.2) is 18.2 Å². The molecule has 3 nitrogen and oxygen atoms in total. The van der Waals surface area contributed by atoms with Gasteiger partial charge in [-0.15, -0.1) is 0 Å². The third kappa shape index (κ3) is 1.68. The minimum atomic E-state index is -0.557. The highest BCUT2D eigenvalue weighted by Gasteiger charge is 2.06. The molecule has 1 aromatic rings. The van der Waals surface area contributed by atoms with Gasteiger partial charge in [0.25, 0.3) is 0 Å². The lowest BCUT2D eigenvalue weighted by molar-refractivity contribution is 0.1000. The zero-order chi connectivity index (χ0) is 9.14. The molecule has 1 rings (SSSR count). The lowest BCUT2D eigenvalue weighted by Crippen LogP contribution is -2.11. The molecule has 0 aliphatic heterocycles. The van der Waals surface area contributed by atoms with E-state index in [9.17, 15) is 4.79 Å². The molecule has 0 unspecified atom stereocenters. The number of carbonyl (C=O) groups excluding carboxylic acids is 1. The van der Waals surface area contributed by atoms with Crippen LogP contribution < -0.4 is 10.5 Å². The van der Waals surface area contributed by atoms with Crippen LogP contribution in [0.5, 0.6) is 5.75 Å². The van der Waals surface area contributed by atoms with E-state index in [-0.39, 0.29) is 5.56 Å². The third-order valence-corrected chi connectivity index (χ3v) is 1.77. The van der Waals surface area contributed by atoms with E-state index in [1.165, 1.54) is 13.2 Å². The molecule has 0 aromatic heterocycles. The maximum Gasteiger partial charge on any atom is 0.250 e. The average Bonchev–Trinajstić information content (AvgIpc) is 2.05. The van der Waals surface area contributed by atoms with Crippen molar-refractivity contribution in [2.75, 3.05) is 7.11 Å². The molecular weight excluding hydrogens is 178 g/mol. The Hall–Kier alpha value is -1.22. The molecule has 0 spiro atoms. The number of nitrogens with two attached hydrogens (primary N) is 1. The number of primary amides is 1. The van der Waals surface area contributed by atoms with Gasteiger partial charge in [0.1, 0.15) is 5.75 Å². The van der Waals surface area contributed by atoms with Gasteiger partial charge in [-0.1, -0.05) is 11.6 Å². The predicted octanol–water partition coefficient (Wildman–Crippen LogP) is 1.45. The molecule has 1 amide bonds. The summed E-state index contributed by atoms with van der Waals surface area (Å²) in [6.07, 6.45) is 0. The van der Waals surface area contributed by atoms with Gasteiger partial charge in [-0.2, -0.15) is 0 Å². The Balaban J connectivity index is 3.17. The largest absolute Gasteiger partial charge is 0.497 e. The van der Waals surface area contributed by atoms with E-state index in [1.807, 2.05) is 0 Å². The van der Waals surface area contributed by atoms with E-state index in [0.717, 1.165) is 0 Å². The van der Waals surface area contributed by atoms with Crippen molar-refractivity contribution < 1.29 is 9.53 Å². The van der Waals surface area contributed by atoms with Gasteiger partial charge in [0, 0.05) is 0 Å². The molecule has 0 bridgehead atoms. The maximum absolute atomic E-state index is 10.8. The summed E-state index contributed by atoms with van der Waals surface area (Å²) in [6, 6.07) is 4.74. The summed E-state index contributed by atoms with van der Waals surface area (Å²) >= 11 is 5.69. The van der Waals surface area contributed by atoms with E-state index >= 15 is 0 Å². The first kappa shape index (κ1) is 8.87. The molecule has 1 aromatic carbocycles. The maximum atomic E-state index is 10.8. The van der Waals surface area contributed by atoms with Crippen molar-refractivity contribution in [3.63, 3.8) is 0 Å². The van der Waals surface area contributed by atoms with E-state index < -0.39 is 5.91 Å². The first-order chi connectivity index (χ1) is 5.65. The van der Waals surface area contributed by atoms with Crippen molar-refractivity contribution in [1.82, 2.24) is 0 Å². The summed E-state index contributed by atoms with van der Waals surface area (Å²) in [5.41, 5.74) is 5.33. The molecule has 0 aliphatic carbocycles. The zero-order valence-electron chi connectivity index (χ0n) is 6.50. The minimum absolute atomic E-state index is 0.274. The Morgan fingerprint density at radius 1 is 1.58 bits per heavy atom. The fourth-order valence-corrected chi connectivity index (χ4v) is 1.03. The van der Waals surface area contributed by atoms with Gasteiger partial charge in [-0.3, -0.25) is 4.79 Å². The SMILES string of the molecule is COc1ccc(Cl)c(C(N)=O)c1. The molecule has 2 N–H and O–H groups in total. The predicted molar refractivity (Wildman–Crippen MR) is 46.5 cm³/mol. The Bertz CT molecular complexity index is 312. The van der Waals surface area contributed by atoms with Gasteiger partial charge >= 0.3 is 0 Å². The van der Waals surface area contributed by atoms with Crippen LogP contribution in [0.25, 0.3) is 0 Å². The number of halogens is 1. The number of ether oxygens (including phenoxy) is 1. The second-order valence-electron chi connectivity index (χ2n) is 2.21. The number of hydrogen-bond acceptors (Lipinski definition) is 2. The molecular formula is C8H8ClNO2. The second kappa shape index (κ2) is 3.45. The fraction of sp³-hybridized carbons (Fsp3) is 0.125. The average molecular weight is 186 g/mol.